The van der Waals surface area contributed by atoms with Gasteiger partial charge in [-0.25, -0.2) is 0 Å². The molecule has 1 aliphatic heterocycles. The predicted molar refractivity (Wildman–Crippen MR) is 68.9 cm³/mol. The highest BCUT2D eigenvalue weighted by Crippen LogP contribution is 2.28. The molecule has 0 spiro atoms. The van der Waals surface area contributed by atoms with Crippen LogP contribution in [0.2, 0.25) is 0 Å². The van der Waals surface area contributed by atoms with Gasteiger partial charge in [-0.05, 0) is 25.5 Å². The van der Waals surface area contributed by atoms with Crippen LogP contribution in [0.3, 0.4) is 0 Å². The fourth-order valence-electron chi connectivity index (χ4n) is 2.11. The number of nitro groups is 1. The van der Waals surface area contributed by atoms with Crippen LogP contribution in [0.1, 0.15) is 24.8 Å². The van der Waals surface area contributed by atoms with E-state index in [9.17, 15) is 10.1 Å². The molecule has 0 saturated carbocycles. The first-order valence-corrected chi connectivity index (χ1v) is 6.25. The second-order valence-corrected chi connectivity index (χ2v) is 4.51. The van der Waals surface area contributed by atoms with Gasteiger partial charge in [0.1, 0.15) is 6.61 Å². The minimum absolute atomic E-state index is 0.102. The first-order valence-electron chi connectivity index (χ1n) is 6.25. The van der Waals surface area contributed by atoms with Gasteiger partial charge < -0.3 is 10.1 Å². The summed E-state index contributed by atoms with van der Waals surface area (Å²) in [4.78, 5) is 10.4. The molecular formula is C13H15N3O3. The number of nitriles is 1. The van der Waals surface area contributed by atoms with Gasteiger partial charge in [-0.3, -0.25) is 10.1 Å². The number of hydrogen-bond donors (Lipinski definition) is 1. The van der Waals surface area contributed by atoms with Crippen LogP contribution < -0.4 is 10.1 Å². The maximum atomic E-state index is 10.9. The Hall–Kier alpha value is -2.13. The zero-order chi connectivity index (χ0) is 13.7. The molecule has 1 aliphatic rings. The Morgan fingerprint density at radius 2 is 2.37 bits per heavy atom. The Morgan fingerprint density at radius 3 is 3.00 bits per heavy atom. The maximum absolute atomic E-state index is 10.9. The lowest BCUT2D eigenvalue weighted by molar-refractivity contribution is -0.385. The third kappa shape index (κ3) is 3.42. The van der Waals surface area contributed by atoms with E-state index in [1.54, 1.807) is 0 Å². The Balaban J connectivity index is 2.08. The van der Waals surface area contributed by atoms with Crippen LogP contribution in [0, 0.1) is 21.4 Å². The van der Waals surface area contributed by atoms with Crippen LogP contribution in [0.25, 0.3) is 0 Å². The highest BCUT2D eigenvalue weighted by molar-refractivity contribution is 5.51. The zero-order valence-electron chi connectivity index (χ0n) is 10.5. The van der Waals surface area contributed by atoms with Crippen molar-refractivity contribution in [3.8, 4) is 11.8 Å². The summed E-state index contributed by atoms with van der Waals surface area (Å²) in [5.41, 5.74) is 0.256. The van der Waals surface area contributed by atoms with E-state index in [-0.39, 0.29) is 17.5 Å². The molecule has 1 atom stereocenters. The van der Waals surface area contributed by atoms with Crippen LogP contribution in [-0.4, -0.2) is 24.1 Å². The molecule has 1 aromatic rings. The van der Waals surface area contributed by atoms with Gasteiger partial charge in [-0.2, -0.15) is 5.26 Å². The van der Waals surface area contributed by atoms with Crippen molar-refractivity contribution in [1.29, 1.82) is 5.26 Å². The van der Waals surface area contributed by atoms with E-state index in [1.165, 1.54) is 18.2 Å². The second-order valence-electron chi connectivity index (χ2n) is 4.51. The van der Waals surface area contributed by atoms with Gasteiger partial charge in [0, 0.05) is 18.2 Å². The third-order valence-electron chi connectivity index (χ3n) is 3.14. The molecule has 6 nitrogen and oxygen atoms in total. The Bertz CT molecular complexity index is 504. The van der Waals surface area contributed by atoms with Crippen molar-refractivity contribution in [1.82, 2.24) is 5.32 Å². The highest BCUT2D eigenvalue weighted by atomic mass is 16.6. The van der Waals surface area contributed by atoms with E-state index in [0.29, 0.717) is 12.2 Å². The first kappa shape index (κ1) is 13.3. The summed E-state index contributed by atoms with van der Waals surface area (Å²) in [7, 11) is 0. The topological polar surface area (TPSA) is 88.2 Å². The van der Waals surface area contributed by atoms with Gasteiger partial charge >= 0.3 is 5.69 Å². The molecule has 0 amide bonds. The monoisotopic (exact) mass is 261 g/mol. The third-order valence-corrected chi connectivity index (χ3v) is 3.14. The number of nitro benzene ring substituents is 1. The van der Waals surface area contributed by atoms with E-state index in [1.807, 2.05) is 6.07 Å². The quantitative estimate of drug-likeness (QED) is 0.661. The minimum Gasteiger partial charge on any atom is -0.485 e. The molecule has 1 aromatic carbocycles. The fraction of sp³-hybridized carbons (Fsp3) is 0.462. The smallest absolute Gasteiger partial charge is 0.311 e. The van der Waals surface area contributed by atoms with Gasteiger partial charge in [-0.1, -0.05) is 6.42 Å². The summed E-state index contributed by atoms with van der Waals surface area (Å²) >= 11 is 0. The molecule has 1 fully saturated rings. The van der Waals surface area contributed by atoms with E-state index in [4.69, 9.17) is 10.00 Å². The molecule has 0 radical (unpaired) electrons. The van der Waals surface area contributed by atoms with E-state index in [2.05, 4.69) is 5.32 Å². The molecule has 100 valence electrons. The number of nitrogens with one attached hydrogen (secondary N) is 1. The van der Waals surface area contributed by atoms with Crippen molar-refractivity contribution in [2.75, 3.05) is 13.2 Å². The van der Waals surface area contributed by atoms with Crippen molar-refractivity contribution < 1.29 is 9.66 Å². The summed E-state index contributed by atoms with van der Waals surface area (Å²) in [5.74, 6) is 0.163. The molecule has 1 heterocycles. The zero-order valence-corrected chi connectivity index (χ0v) is 10.5. The van der Waals surface area contributed by atoms with Crippen LogP contribution in [0.15, 0.2) is 18.2 Å². The molecule has 1 saturated heterocycles. The lowest BCUT2D eigenvalue weighted by Gasteiger charge is -2.23. The Morgan fingerprint density at radius 1 is 1.53 bits per heavy atom. The molecule has 1 unspecified atom stereocenters. The molecule has 0 bridgehead atoms. The minimum atomic E-state index is -0.495. The van der Waals surface area contributed by atoms with Crippen molar-refractivity contribution >= 4 is 5.69 Å². The van der Waals surface area contributed by atoms with E-state index >= 15 is 0 Å². The molecule has 19 heavy (non-hydrogen) atoms. The second kappa shape index (κ2) is 6.16. The highest BCUT2D eigenvalue weighted by Gasteiger charge is 2.18. The van der Waals surface area contributed by atoms with Gasteiger partial charge in [-0.15, -0.1) is 0 Å². The molecule has 2 rings (SSSR count). The predicted octanol–water partition coefficient (Wildman–Crippen LogP) is 1.99. The lowest BCUT2D eigenvalue weighted by Crippen LogP contribution is -2.38. The summed E-state index contributed by atoms with van der Waals surface area (Å²) in [6.07, 6.45) is 3.30. The largest absolute Gasteiger partial charge is 0.485 e. The van der Waals surface area contributed by atoms with Crippen LogP contribution >= 0.6 is 0 Å². The molecule has 0 aliphatic carbocycles. The van der Waals surface area contributed by atoms with E-state index < -0.39 is 4.92 Å². The number of hydrogen-bond acceptors (Lipinski definition) is 5. The molecular weight excluding hydrogens is 246 g/mol. The Labute approximate surface area is 111 Å². The van der Waals surface area contributed by atoms with Gasteiger partial charge in [0.05, 0.1) is 16.6 Å². The van der Waals surface area contributed by atoms with Crippen molar-refractivity contribution in [3.05, 3.63) is 33.9 Å². The van der Waals surface area contributed by atoms with Crippen molar-refractivity contribution in [3.63, 3.8) is 0 Å². The Kier molecular flexibility index (Phi) is 4.31. The van der Waals surface area contributed by atoms with Gasteiger partial charge in [0.15, 0.2) is 5.75 Å². The summed E-state index contributed by atoms with van der Waals surface area (Å²) < 4.78 is 5.53. The lowest BCUT2D eigenvalue weighted by atomic mass is 10.1. The van der Waals surface area contributed by atoms with Crippen molar-refractivity contribution in [2.45, 2.75) is 25.3 Å². The number of nitrogens with zero attached hydrogens (tertiary/aromatic N) is 2. The molecule has 1 N–H and O–H groups in total. The SMILES string of the molecule is N#Cc1ccc([N+](=O)[O-])c(OCC2CCCCN2)c1. The number of ether oxygens (including phenoxy) is 1. The van der Waals surface area contributed by atoms with Crippen LogP contribution in [0.5, 0.6) is 5.75 Å². The number of benzene rings is 1. The summed E-state index contributed by atoms with van der Waals surface area (Å²) in [6, 6.07) is 6.32. The summed E-state index contributed by atoms with van der Waals surface area (Å²) in [5, 5.41) is 23.0. The normalized spacial score (nSPS) is 18.6. The maximum Gasteiger partial charge on any atom is 0.311 e. The summed E-state index contributed by atoms with van der Waals surface area (Å²) in [6.45, 7) is 1.34. The van der Waals surface area contributed by atoms with Gasteiger partial charge in [0.2, 0.25) is 0 Å². The number of rotatable bonds is 4. The van der Waals surface area contributed by atoms with Crippen LogP contribution in [0.4, 0.5) is 5.69 Å². The average Bonchev–Trinajstić information content (AvgIpc) is 2.45. The van der Waals surface area contributed by atoms with Crippen molar-refractivity contribution in [2.24, 2.45) is 0 Å². The van der Waals surface area contributed by atoms with Gasteiger partial charge in [0.25, 0.3) is 0 Å². The molecule has 6 heteroatoms. The number of piperidine rings is 1. The van der Waals surface area contributed by atoms with E-state index in [0.717, 1.165) is 25.8 Å². The molecule has 0 aromatic heterocycles. The average molecular weight is 261 g/mol. The standard InChI is InChI=1S/C13H15N3O3/c14-8-10-4-5-12(16(17)18)13(7-10)19-9-11-3-1-2-6-15-11/h4-5,7,11,15H,1-3,6,9H2. The first-order chi connectivity index (χ1) is 9.20. The fourth-order valence-corrected chi connectivity index (χ4v) is 2.11. The van der Waals surface area contributed by atoms with Crippen LogP contribution in [-0.2, 0) is 0 Å².